The van der Waals surface area contributed by atoms with E-state index >= 15 is 0 Å². The average Bonchev–Trinajstić information content (AvgIpc) is 2.78. The van der Waals surface area contributed by atoms with E-state index in [1.165, 1.54) is 29.5 Å². The van der Waals surface area contributed by atoms with Crippen molar-refractivity contribution in [3.05, 3.63) is 47.0 Å². The minimum atomic E-state index is 0.230. The molecule has 0 saturated heterocycles. The van der Waals surface area contributed by atoms with E-state index in [4.69, 9.17) is 0 Å². The zero-order valence-corrected chi connectivity index (χ0v) is 11.6. The van der Waals surface area contributed by atoms with Crippen LogP contribution in [0.4, 0.5) is 0 Å². The van der Waals surface area contributed by atoms with Crippen molar-refractivity contribution in [1.82, 2.24) is 4.90 Å². The van der Waals surface area contributed by atoms with Gasteiger partial charge in [-0.3, -0.25) is 4.79 Å². The summed E-state index contributed by atoms with van der Waals surface area (Å²) in [5.41, 5.74) is 3.97. The third kappa shape index (κ3) is 2.44. The number of carbonyl (C=O) groups is 1. The Kier molecular flexibility index (Phi) is 3.41. The molecule has 1 heterocycles. The largest absolute Gasteiger partial charge is 0.331 e. The topological polar surface area (TPSA) is 20.3 Å². The van der Waals surface area contributed by atoms with E-state index in [1.807, 2.05) is 4.90 Å². The van der Waals surface area contributed by atoms with Gasteiger partial charge in [-0.05, 0) is 43.7 Å². The SMILES string of the molecule is CC1c2ccccc2CN1C(=O)CC1=CCCCC1. The molecule has 1 amide bonds. The third-order valence-corrected chi connectivity index (χ3v) is 4.40. The minimum Gasteiger partial charge on any atom is -0.331 e. The Hall–Kier alpha value is -1.57. The molecule has 100 valence electrons. The number of nitrogens with zero attached hydrogens (tertiary/aromatic N) is 1. The van der Waals surface area contributed by atoms with Gasteiger partial charge in [0.15, 0.2) is 0 Å². The highest BCUT2D eigenvalue weighted by Gasteiger charge is 2.29. The fraction of sp³-hybridized carbons (Fsp3) is 0.471. The van der Waals surface area contributed by atoms with E-state index in [0.29, 0.717) is 6.42 Å². The Labute approximate surface area is 115 Å². The molecule has 19 heavy (non-hydrogen) atoms. The first-order valence-corrected chi connectivity index (χ1v) is 7.31. The summed E-state index contributed by atoms with van der Waals surface area (Å²) in [5.74, 6) is 0.289. The summed E-state index contributed by atoms with van der Waals surface area (Å²) in [6.45, 7) is 2.92. The van der Waals surface area contributed by atoms with E-state index in [1.54, 1.807) is 0 Å². The first-order valence-electron chi connectivity index (χ1n) is 7.31. The fourth-order valence-corrected chi connectivity index (χ4v) is 3.24. The van der Waals surface area contributed by atoms with Crippen molar-refractivity contribution in [2.45, 2.75) is 51.6 Å². The van der Waals surface area contributed by atoms with E-state index in [2.05, 4.69) is 37.3 Å². The maximum Gasteiger partial charge on any atom is 0.227 e. The van der Waals surface area contributed by atoms with Gasteiger partial charge in [-0.15, -0.1) is 0 Å². The Morgan fingerprint density at radius 2 is 2.16 bits per heavy atom. The second-order valence-electron chi connectivity index (χ2n) is 5.68. The Bertz CT molecular complexity index is 518. The van der Waals surface area contributed by atoms with E-state index in [0.717, 1.165) is 19.4 Å². The van der Waals surface area contributed by atoms with Crippen LogP contribution in [0.2, 0.25) is 0 Å². The summed E-state index contributed by atoms with van der Waals surface area (Å²) in [6.07, 6.45) is 7.69. The van der Waals surface area contributed by atoms with Crippen LogP contribution in [0.25, 0.3) is 0 Å². The van der Waals surface area contributed by atoms with Crippen LogP contribution >= 0.6 is 0 Å². The van der Waals surface area contributed by atoms with Gasteiger partial charge in [0.1, 0.15) is 0 Å². The summed E-state index contributed by atoms with van der Waals surface area (Å²) >= 11 is 0. The molecule has 2 aliphatic rings. The molecule has 0 radical (unpaired) electrons. The Morgan fingerprint density at radius 3 is 2.89 bits per heavy atom. The highest BCUT2D eigenvalue weighted by atomic mass is 16.2. The maximum absolute atomic E-state index is 12.5. The first-order chi connectivity index (χ1) is 9.25. The predicted molar refractivity (Wildman–Crippen MR) is 76.6 cm³/mol. The van der Waals surface area contributed by atoms with Gasteiger partial charge < -0.3 is 4.90 Å². The second kappa shape index (κ2) is 5.20. The van der Waals surface area contributed by atoms with Crippen LogP contribution in [0.15, 0.2) is 35.9 Å². The number of allylic oxidation sites excluding steroid dienone is 1. The molecule has 1 aliphatic heterocycles. The molecular weight excluding hydrogens is 234 g/mol. The van der Waals surface area contributed by atoms with Gasteiger partial charge in [-0.25, -0.2) is 0 Å². The van der Waals surface area contributed by atoms with Gasteiger partial charge in [-0.1, -0.05) is 35.9 Å². The normalized spacial score (nSPS) is 22.1. The molecule has 0 aromatic heterocycles. The lowest BCUT2D eigenvalue weighted by atomic mass is 9.96. The van der Waals surface area contributed by atoms with Crippen molar-refractivity contribution in [2.75, 3.05) is 0 Å². The quantitative estimate of drug-likeness (QED) is 0.732. The van der Waals surface area contributed by atoms with Crippen LogP contribution in [-0.2, 0) is 11.3 Å². The molecular formula is C17H21NO. The van der Waals surface area contributed by atoms with Crippen LogP contribution in [0, 0.1) is 0 Å². The molecule has 3 rings (SSSR count). The zero-order valence-electron chi connectivity index (χ0n) is 11.6. The van der Waals surface area contributed by atoms with Crippen molar-refractivity contribution in [3.8, 4) is 0 Å². The van der Waals surface area contributed by atoms with Gasteiger partial charge in [-0.2, -0.15) is 0 Å². The molecule has 0 saturated carbocycles. The molecule has 0 N–H and O–H groups in total. The molecule has 2 heteroatoms. The first kappa shape index (κ1) is 12.5. The number of benzene rings is 1. The van der Waals surface area contributed by atoms with Gasteiger partial charge in [0.25, 0.3) is 0 Å². The number of rotatable bonds is 2. The van der Waals surface area contributed by atoms with Crippen molar-refractivity contribution < 1.29 is 4.79 Å². The van der Waals surface area contributed by atoms with Crippen molar-refractivity contribution in [3.63, 3.8) is 0 Å². The standard InChI is InChI=1S/C17H21NO/c1-13-16-10-6-5-9-15(16)12-18(13)17(19)11-14-7-3-2-4-8-14/h5-7,9-10,13H,2-4,8,11-12H2,1H3. The molecule has 1 aromatic rings. The third-order valence-electron chi connectivity index (χ3n) is 4.40. The summed E-state index contributed by atoms with van der Waals surface area (Å²) < 4.78 is 0. The second-order valence-corrected chi connectivity index (χ2v) is 5.68. The molecule has 1 aromatic carbocycles. The van der Waals surface area contributed by atoms with E-state index in [-0.39, 0.29) is 11.9 Å². The van der Waals surface area contributed by atoms with Crippen LogP contribution in [-0.4, -0.2) is 10.8 Å². The van der Waals surface area contributed by atoms with Gasteiger partial charge in [0, 0.05) is 13.0 Å². The van der Waals surface area contributed by atoms with Crippen LogP contribution in [0.1, 0.15) is 56.2 Å². The van der Waals surface area contributed by atoms with Crippen molar-refractivity contribution in [1.29, 1.82) is 0 Å². The zero-order chi connectivity index (χ0) is 13.2. The van der Waals surface area contributed by atoms with Crippen LogP contribution in [0.3, 0.4) is 0 Å². The van der Waals surface area contributed by atoms with Gasteiger partial charge in [0.2, 0.25) is 5.91 Å². The highest BCUT2D eigenvalue weighted by molar-refractivity contribution is 5.80. The number of carbonyl (C=O) groups excluding carboxylic acids is 1. The number of fused-ring (bicyclic) bond motifs is 1. The van der Waals surface area contributed by atoms with Crippen molar-refractivity contribution in [2.24, 2.45) is 0 Å². The van der Waals surface area contributed by atoms with Crippen molar-refractivity contribution >= 4 is 5.91 Å². The smallest absolute Gasteiger partial charge is 0.227 e. The Morgan fingerprint density at radius 1 is 1.32 bits per heavy atom. The number of hydrogen-bond donors (Lipinski definition) is 0. The molecule has 1 atom stereocenters. The van der Waals surface area contributed by atoms with E-state index in [9.17, 15) is 4.79 Å². The predicted octanol–water partition coefficient (Wildman–Crippen LogP) is 3.98. The van der Waals surface area contributed by atoms with Gasteiger partial charge >= 0.3 is 0 Å². The summed E-state index contributed by atoms with van der Waals surface area (Å²) in [4.78, 5) is 14.5. The molecule has 1 unspecified atom stereocenters. The lowest BCUT2D eigenvalue weighted by Crippen LogP contribution is -2.28. The van der Waals surface area contributed by atoms with Crippen LogP contribution < -0.4 is 0 Å². The lowest BCUT2D eigenvalue weighted by molar-refractivity contribution is -0.132. The molecule has 0 fully saturated rings. The van der Waals surface area contributed by atoms with E-state index < -0.39 is 0 Å². The lowest BCUT2D eigenvalue weighted by Gasteiger charge is -2.23. The summed E-state index contributed by atoms with van der Waals surface area (Å²) in [7, 11) is 0. The number of hydrogen-bond acceptors (Lipinski definition) is 1. The molecule has 0 bridgehead atoms. The Balaban J connectivity index is 1.71. The average molecular weight is 255 g/mol. The van der Waals surface area contributed by atoms with Crippen LogP contribution in [0.5, 0.6) is 0 Å². The molecule has 2 nitrogen and oxygen atoms in total. The van der Waals surface area contributed by atoms with Gasteiger partial charge in [0.05, 0.1) is 6.04 Å². The molecule has 0 spiro atoms. The molecule has 1 aliphatic carbocycles. The fourth-order valence-electron chi connectivity index (χ4n) is 3.24. The monoisotopic (exact) mass is 255 g/mol. The maximum atomic E-state index is 12.5. The summed E-state index contributed by atoms with van der Waals surface area (Å²) in [5, 5.41) is 0. The summed E-state index contributed by atoms with van der Waals surface area (Å²) in [6, 6.07) is 8.63. The minimum absolute atomic E-state index is 0.230. The number of amides is 1. The highest BCUT2D eigenvalue weighted by Crippen LogP contribution is 2.34.